The summed E-state index contributed by atoms with van der Waals surface area (Å²) in [5, 5.41) is 0. The predicted octanol–water partition coefficient (Wildman–Crippen LogP) is 3.27. The summed E-state index contributed by atoms with van der Waals surface area (Å²) >= 11 is 0. The number of likely N-dealkylation sites (tertiary alicyclic amines) is 1. The quantitative estimate of drug-likeness (QED) is 0.869. The molecule has 1 saturated heterocycles. The fourth-order valence-corrected chi connectivity index (χ4v) is 2.99. The van der Waals surface area contributed by atoms with Crippen LogP contribution < -0.4 is 9.47 Å². The third kappa shape index (κ3) is 2.43. The van der Waals surface area contributed by atoms with E-state index in [2.05, 4.69) is 0 Å². The van der Waals surface area contributed by atoms with Gasteiger partial charge in [-0.05, 0) is 37.1 Å². The Morgan fingerprint density at radius 2 is 1.91 bits per heavy atom. The first-order valence-corrected chi connectivity index (χ1v) is 7.31. The Hall–Kier alpha value is -2.43. The second kappa shape index (κ2) is 6.13. The Kier molecular flexibility index (Phi) is 4.04. The standard InChI is InChI=1S/C17H19NO4/c1-20-14-7-3-8-15(21-2)16(14)17(19)18-10-4-6-12(18)13-9-5-11-22-13/h3,5,7-9,11-12H,4,6,10H2,1-2H3/t12-/m1/s1. The lowest BCUT2D eigenvalue weighted by molar-refractivity contribution is 0.0713. The maximum atomic E-state index is 13.0. The normalized spacial score (nSPS) is 17.5. The van der Waals surface area contributed by atoms with Crippen molar-refractivity contribution in [2.75, 3.05) is 20.8 Å². The highest BCUT2D eigenvalue weighted by molar-refractivity contribution is 6.00. The molecule has 1 fully saturated rings. The summed E-state index contributed by atoms with van der Waals surface area (Å²) in [6.07, 6.45) is 3.49. The Morgan fingerprint density at radius 1 is 1.18 bits per heavy atom. The number of hydrogen-bond donors (Lipinski definition) is 0. The number of carbonyl (C=O) groups excluding carboxylic acids is 1. The van der Waals surface area contributed by atoms with E-state index < -0.39 is 0 Å². The number of ether oxygens (including phenoxy) is 2. The van der Waals surface area contributed by atoms with E-state index in [-0.39, 0.29) is 11.9 Å². The van der Waals surface area contributed by atoms with Gasteiger partial charge < -0.3 is 18.8 Å². The van der Waals surface area contributed by atoms with Crippen molar-refractivity contribution in [1.82, 2.24) is 4.90 Å². The third-order valence-corrected chi connectivity index (χ3v) is 4.03. The second-order valence-corrected chi connectivity index (χ2v) is 5.21. The first-order chi connectivity index (χ1) is 10.8. The van der Waals surface area contributed by atoms with E-state index in [0.717, 1.165) is 18.6 Å². The van der Waals surface area contributed by atoms with Gasteiger partial charge in [0.1, 0.15) is 22.8 Å². The summed E-state index contributed by atoms with van der Waals surface area (Å²) in [5.41, 5.74) is 0.464. The molecule has 0 spiro atoms. The van der Waals surface area contributed by atoms with Crippen molar-refractivity contribution in [2.24, 2.45) is 0 Å². The summed E-state index contributed by atoms with van der Waals surface area (Å²) in [6, 6.07) is 9.08. The highest BCUT2D eigenvalue weighted by Crippen LogP contribution is 2.37. The maximum Gasteiger partial charge on any atom is 0.262 e. The van der Waals surface area contributed by atoms with Crippen LogP contribution >= 0.6 is 0 Å². The summed E-state index contributed by atoms with van der Waals surface area (Å²) < 4.78 is 16.2. The molecule has 2 heterocycles. The highest BCUT2D eigenvalue weighted by atomic mass is 16.5. The summed E-state index contributed by atoms with van der Waals surface area (Å²) in [6.45, 7) is 0.700. The number of methoxy groups -OCH3 is 2. The van der Waals surface area contributed by atoms with Gasteiger partial charge in [0.25, 0.3) is 5.91 Å². The molecule has 0 saturated carbocycles. The minimum atomic E-state index is -0.0896. The number of benzene rings is 1. The van der Waals surface area contributed by atoms with Crippen molar-refractivity contribution < 1.29 is 18.7 Å². The largest absolute Gasteiger partial charge is 0.496 e. The lowest BCUT2D eigenvalue weighted by Crippen LogP contribution is -2.31. The summed E-state index contributed by atoms with van der Waals surface area (Å²) in [7, 11) is 3.11. The van der Waals surface area contributed by atoms with E-state index in [9.17, 15) is 4.79 Å². The van der Waals surface area contributed by atoms with Crippen molar-refractivity contribution in [3.05, 3.63) is 47.9 Å². The van der Waals surface area contributed by atoms with Crippen LogP contribution in [0.1, 0.15) is 35.0 Å². The predicted molar refractivity (Wildman–Crippen MR) is 81.3 cm³/mol. The molecule has 1 aliphatic rings. The average molecular weight is 301 g/mol. The minimum absolute atomic E-state index is 0.0304. The van der Waals surface area contributed by atoms with E-state index in [1.807, 2.05) is 23.1 Å². The molecule has 1 aliphatic heterocycles. The first kappa shape index (κ1) is 14.5. The molecule has 1 aromatic carbocycles. The molecule has 5 nitrogen and oxygen atoms in total. The molecule has 0 unspecified atom stereocenters. The molecule has 0 aliphatic carbocycles. The molecule has 5 heteroatoms. The van der Waals surface area contributed by atoms with Crippen molar-refractivity contribution in [3.8, 4) is 11.5 Å². The molecule has 0 N–H and O–H groups in total. The van der Waals surface area contributed by atoms with E-state index in [0.29, 0.717) is 23.6 Å². The Morgan fingerprint density at radius 3 is 2.50 bits per heavy atom. The molecular weight excluding hydrogens is 282 g/mol. The van der Waals surface area contributed by atoms with Gasteiger partial charge in [-0.1, -0.05) is 6.07 Å². The molecule has 0 radical (unpaired) electrons. The van der Waals surface area contributed by atoms with Crippen LogP contribution in [0.3, 0.4) is 0 Å². The van der Waals surface area contributed by atoms with Crippen molar-refractivity contribution in [2.45, 2.75) is 18.9 Å². The SMILES string of the molecule is COc1cccc(OC)c1C(=O)N1CCC[C@@H]1c1ccco1. The fraction of sp³-hybridized carbons (Fsp3) is 0.353. The van der Waals surface area contributed by atoms with Crippen LogP contribution in [0.15, 0.2) is 41.0 Å². The number of carbonyl (C=O) groups is 1. The Labute approximate surface area is 129 Å². The van der Waals surface area contributed by atoms with Crippen LogP contribution in [0, 0.1) is 0 Å². The van der Waals surface area contributed by atoms with Crippen LogP contribution in [-0.4, -0.2) is 31.6 Å². The number of nitrogens with zero attached hydrogens (tertiary/aromatic N) is 1. The Bertz CT molecular complexity index is 628. The van der Waals surface area contributed by atoms with Gasteiger partial charge in [0.15, 0.2) is 0 Å². The Balaban J connectivity index is 1.97. The molecular formula is C17H19NO4. The minimum Gasteiger partial charge on any atom is -0.496 e. The molecule has 22 heavy (non-hydrogen) atoms. The van der Waals surface area contributed by atoms with Crippen LogP contribution in [0.5, 0.6) is 11.5 Å². The zero-order valence-corrected chi connectivity index (χ0v) is 12.7. The zero-order chi connectivity index (χ0) is 15.5. The van der Waals surface area contributed by atoms with E-state index >= 15 is 0 Å². The molecule has 0 bridgehead atoms. The van der Waals surface area contributed by atoms with Gasteiger partial charge in [-0.15, -0.1) is 0 Å². The van der Waals surface area contributed by atoms with Gasteiger partial charge in [0, 0.05) is 6.54 Å². The molecule has 2 aromatic rings. The molecule has 116 valence electrons. The highest BCUT2D eigenvalue weighted by Gasteiger charge is 2.34. The van der Waals surface area contributed by atoms with Crippen LogP contribution in [-0.2, 0) is 0 Å². The topological polar surface area (TPSA) is 51.9 Å². The zero-order valence-electron chi connectivity index (χ0n) is 12.7. The monoisotopic (exact) mass is 301 g/mol. The third-order valence-electron chi connectivity index (χ3n) is 4.03. The van der Waals surface area contributed by atoms with Gasteiger partial charge in [0.2, 0.25) is 0 Å². The lowest BCUT2D eigenvalue weighted by Gasteiger charge is -2.24. The summed E-state index contributed by atoms with van der Waals surface area (Å²) in [4.78, 5) is 14.9. The maximum absolute atomic E-state index is 13.0. The number of amides is 1. The summed E-state index contributed by atoms with van der Waals surface area (Å²) in [5.74, 6) is 1.77. The van der Waals surface area contributed by atoms with Crippen molar-refractivity contribution in [1.29, 1.82) is 0 Å². The first-order valence-electron chi connectivity index (χ1n) is 7.31. The van der Waals surface area contributed by atoms with Crippen molar-refractivity contribution in [3.63, 3.8) is 0 Å². The number of rotatable bonds is 4. The van der Waals surface area contributed by atoms with Gasteiger partial charge in [-0.2, -0.15) is 0 Å². The van der Waals surface area contributed by atoms with Gasteiger partial charge >= 0.3 is 0 Å². The molecule has 1 atom stereocenters. The lowest BCUT2D eigenvalue weighted by atomic mass is 10.1. The van der Waals surface area contributed by atoms with E-state index in [4.69, 9.17) is 13.9 Å². The molecule has 1 amide bonds. The fourth-order valence-electron chi connectivity index (χ4n) is 2.99. The number of furan rings is 1. The number of hydrogen-bond acceptors (Lipinski definition) is 4. The van der Waals surface area contributed by atoms with E-state index in [1.54, 1.807) is 32.6 Å². The van der Waals surface area contributed by atoms with Crippen molar-refractivity contribution >= 4 is 5.91 Å². The van der Waals surface area contributed by atoms with Gasteiger partial charge in [-0.25, -0.2) is 0 Å². The molecule has 3 rings (SSSR count). The molecule has 1 aromatic heterocycles. The van der Waals surface area contributed by atoms with Gasteiger partial charge in [-0.3, -0.25) is 4.79 Å². The van der Waals surface area contributed by atoms with Crippen LogP contribution in [0.2, 0.25) is 0 Å². The van der Waals surface area contributed by atoms with Crippen LogP contribution in [0.25, 0.3) is 0 Å². The average Bonchev–Trinajstić information content (AvgIpc) is 3.23. The second-order valence-electron chi connectivity index (χ2n) is 5.21. The van der Waals surface area contributed by atoms with E-state index in [1.165, 1.54) is 0 Å². The smallest absolute Gasteiger partial charge is 0.262 e. The van der Waals surface area contributed by atoms with Crippen LogP contribution in [0.4, 0.5) is 0 Å². The van der Waals surface area contributed by atoms with Gasteiger partial charge in [0.05, 0.1) is 26.5 Å².